The smallest absolute Gasteiger partial charge is 0.128 e. The Morgan fingerprint density at radius 2 is 1.87 bits per heavy atom. The highest BCUT2D eigenvalue weighted by Crippen LogP contribution is 2.33. The lowest BCUT2D eigenvalue weighted by molar-refractivity contribution is 0.445. The standard InChI is InChI=1S/C13H19NO/c1-9-6-10(8-14-5)12(15)11(7-9)13(2,3)4/h6-8,15H,1-5H3. The Bertz CT molecular complexity index is 386. The van der Waals surface area contributed by atoms with Crippen molar-refractivity contribution in [3.63, 3.8) is 0 Å². The minimum atomic E-state index is -0.0492. The monoisotopic (exact) mass is 205 g/mol. The highest BCUT2D eigenvalue weighted by Gasteiger charge is 2.19. The van der Waals surface area contributed by atoms with Crippen molar-refractivity contribution in [3.05, 3.63) is 28.8 Å². The average molecular weight is 205 g/mol. The molecule has 1 aromatic rings. The lowest BCUT2D eigenvalue weighted by Crippen LogP contribution is -2.12. The first-order valence-corrected chi connectivity index (χ1v) is 5.12. The van der Waals surface area contributed by atoms with Gasteiger partial charge in [-0.25, -0.2) is 0 Å². The number of aliphatic imine (C=N–C) groups is 1. The SMILES string of the molecule is CN=Cc1cc(C)cc(C(C)(C)C)c1O. The molecule has 0 aromatic heterocycles. The van der Waals surface area contributed by atoms with Crippen LogP contribution in [0.3, 0.4) is 0 Å². The maximum Gasteiger partial charge on any atom is 0.128 e. The molecule has 0 heterocycles. The first kappa shape index (κ1) is 11.8. The third-order valence-corrected chi connectivity index (χ3v) is 2.36. The number of phenols is 1. The van der Waals surface area contributed by atoms with E-state index in [2.05, 4.69) is 25.8 Å². The zero-order chi connectivity index (χ0) is 11.6. The average Bonchev–Trinajstić information content (AvgIpc) is 2.09. The molecule has 15 heavy (non-hydrogen) atoms. The third kappa shape index (κ3) is 2.58. The highest BCUT2D eigenvalue weighted by atomic mass is 16.3. The molecule has 0 spiro atoms. The van der Waals surface area contributed by atoms with E-state index < -0.39 is 0 Å². The van der Waals surface area contributed by atoms with Gasteiger partial charge in [0.15, 0.2) is 0 Å². The van der Waals surface area contributed by atoms with Gasteiger partial charge in [0, 0.05) is 24.4 Å². The summed E-state index contributed by atoms with van der Waals surface area (Å²) in [6, 6.07) is 3.97. The van der Waals surface area contributed by atoms with Crippen molar-refractivity contribution in [2.75, 3.05) is 7.05 Å². The lowest BCUT2D eigenvalue weighted by Gasteiger charge is -2.22. The number of rotatable bonds is 1. The van der Waals surface area contributed by atoms with Crippen molar-refractivity contribution in [2.45, 2.75) is 33.1 Å². The molecule has 0 fully saturated rings. The van der Waals surface area contributed by atoms with Crippen molar-refractivity contribution in [1.82, 2.24) is 0 Å². The van der Waals surface area contributed by atoms with Crippen molar-refractivity contribution in [1.29, 1.82) is 0 Å². The second kappa shape index (κ2) is 4.05. The van der Waals surface area contributed by atoms with Crippen LogP contribution in [0.4, 0.5) is 0 Å². The number of benzene rings is 1. The zero-order valence-electron chi connectivity index (χ0n) is 10.1. The Morgan fingerprint density at radius 3 is 2.33 bits per heavy atom. The second-order valence-electron chi connectivity index (χ2n) is 4.89. The van der Waals surface area contributed by atoms with Gasteiger partial charge in [-0.3, -0.25) is 4.99 Å². The fourth-order valence-electron chi connectivity index (χ4n) is 1.62. The summed E-state index contributed by atoms with van der Waals surface area (Å²) in [6.07, 6.45) is 1.69. The largest absolute Gasteiger partial charge is 0.507 e. The van der Waals surface area contributed by atoms with E-state index in [1.165, 1.54) is 0 Å². The minimum Gasteiger partial charge on any atom is -0.507 e. The number of aryl methyl sites for hydroxylation is 1. The van der Waals surface area contributed by atoms with Crippen LogP contribution in [0.5, 0.6) is 5.75 Å². The van der Waals surface area contributed by atoms with E-state index in [9.17, 15) is 5.11 Å². The van der Waals surface area contributed by atoms with Crippen LogP contribution in [0.15, 0.2) is 17.1 Å². The molecule has 0 atom stereocenters. The summed E-state index contributed by atoms with van der Waals surface area (Å²) in [5, 5.41) is 10.1. The van der Waals surface area contributed by atoms with E-state index >= 15 is 0 Å². The fraction of sp³-hybridized carbons (Fsp3) is 0.462. The van der Waals surface area contributed by atoms with Gasteiger partial charge in [-0.1, -0.05) is 26.8 Å². The topological polar surface area (TPSA) is 32.6 Å². The first-order valence-electron chi connectivity index (χ1n) is 5.12. The van der Waals surface area contributed by atoms with Crippen LogP contribution in [0, 0.1) is 6.92 Å². The molecule has 0 aliphatic carbocycles. The Labute approximate surface area is 91.7 Å². The van der Waals surface area contributed by atoms with Crippen LogP contribution in [0.1, 0.15) is 37.5 Å². The van der Waals surface area contributed by atoms with Gasteiger partial charge < -0.3 is 5.11 Å². The Balaban J connectivity index is 3.41. The van der Waals surface area contributed by atoms with Crippen LogP contribution in [0.2, 0.25) is 0 Å². The number of hydrogen-bond acceptors (Lipinski definition) is 2. The molecule has 1 N–H and O–H groups in total. The molecule has 0 saturated carbocycles. The molecule has 1 aromatic carbocycles. The predicted octanol–water partition coefficient (Wildman–Crippen LogP) is 3.05. The second-order valence-corrected chi connectivity index (χ2v) is 4.89. The summed E-state index contributed by atoms with van der Waals surface area (Å²) in [4.78, 5) is 3.95. The first-order chi connectivity index (χ1) is 6.86. The van der Waals surface area contributed by atoms with Gasteiger partial charge in [-0.2, -0.15) is 0 Å². The van der Waals surface area contributed by atoms with E-state index in [0.29, 0.717) is 5.75 Å². The normalized spacial score (nSPS) is 12.3. The summed E-state index contributed by atoms with van der Waals surface area (Å²) in [7, 11) is 1.71. The summed E-state index contributed by atoms with van der Waals surface area (Å²) in [6.45, 7) is 8.30. The number of aromatic hydroxyl groups is 1. The lowest BCUT2D eigenvalue weighted by atomic mass is 9.84. The molecule has 0 bridgehead atoms. The van der Waals surface area contributed by atoms with Crippen molar-refractivity contribution >= 4 is 6.21 Å². The molecular formula is C13H19NO. The highest BCUT2D eigenvalue weighted by molar-refractivity contribution is 5.84. The van der Waals surface area contributed by atoms with Gasteiger partial charge in [0.25, 0.3) is 0 Å². The van der Waals surface area contributed by atoms with Crippen LogP contribution >= 0.6 is 0 Å². The Morgan fingerprint density at radius 1 is 1.27 bits per heavy atom. The van der Waals surface area contributed by atoms with E-state index in [-0.39, 0.29) is 5.41 Å². The molecule has 0 unspecified atom stereocenters. The maximum absolute atomic E-state index is 10.1. The van der Waals surface area contributed by atoms with Gasteiger partial charge in [0.05, 0.1) is 0 Å². The van der Waals surface area contributed by atoms with Crippen LogP contribution in [0.25, 0.3) is 0 Å². The summed E-state index contributed by atoms with van der Waals surface area (Å²) in [5.41, 5.74) is 2.86. The van der Waals surface area contributed by atoms with Crippen molar-refractivity contribution in [2.24, 2.45) is 4.99 Å². The van der Waals surface area contributed by atoms with Crippen LogP contribution in [-0.4, -0.2) is 18.4 Å². The van der Waals surface area contributed by atoms with Crippen LogP contribution < -0.4 is 0 Å². The van der Waals surface area contributed by atoms with E-state index in [1.54, 1.807) is 13.3 Å². The number of hydrogen-bond donors (Lipinski definition) is 1. The molecule has 0 saturated heterocycles. The van der Waals surface area contributed by atoms with E-state index in [4.69, 9.17) is 0 Å². The fourth-order valence-corrected chi connectivity index (χ4v) is 1.62. The van der Waals surface area contributed by atoms with Gasteiger partial charge in [-0.15, -0.1) is 0 Å². The Hall–Kier alpha value is -1.31. The van der Waals surface area contributed by atoms with E-state index in [1.807, 2.05) is 19.1 Å². The van der Waals surface area contributed by atoms with Gasteiger partial charge in [0.2, 0.25) is 0 Å². The number of phenolic OH excluding ortho intramolecular Hbond substituents is 1. The minimum absolute atomic E-state index is 0.0492. The molecule has 2 heteroatoms. The predicted molar refractivity (Wildman–Crippen MR) is 65.1 cm³/mol. The van der Waals surface area contributed by atoms with Gasteiger partial charge in [-0.05, 0) is 24.0 Å². The van der Waals surface area contributed by atoms with Crippen LogP contribution in [-0.2, 0) is 5.41 Å². The molecule has 1 rings (SSSR count). The molecule has 82 valence electrons. The van der Waals surface area contributed by atoms with Crippen molar-refractivity contribution in [3.8, 4) is 5.75 Å². The number of nitrogens with zero attached hydrogens (tertiary/aromatic N) is 1. The maximum atomic E-state index is 10.1. The summed E-state index contributed by atoms with van der Waals surface area (Å²) >= 11 is 0. The molecule has 2 nitrogen and oxygen atoms in total. The third-order valence-electron chi connectivity index (χ3n) is 2.36. The molecule has 0 aliphatic rings. The molecule has 0 aliphatic heterocycles. The Kier molecular flexibility index (Phi) is 3.18. The quantitative estimate of drug-likeness (QED) is 0.702. The molecular weight excluding hydrogens is 186 g/mol. The summed E-state index contributed by atoms with van der Waals surface area (Å²) in [5.74, 6) is 0.346. The van der Waals surface area contributed by atoms with E-state index in [0.717, 1.165) is 16.7 Å². The van der Waals surface area contributed by atoms with Gasteiger partial charge >= 0.3 is 0 Å². The van der Waals surface area contributed by atoms with Gasteiger partial charge in [0.1, 0.15) is 5.75 Å². The zero-order valence-corrected chi connectivity index (χ0v) is 10.1. The summed E-state index contributed by atoms with van der Waals surface area (Å²) < 4.78 is 0. The molecule has 0 radical (unpaired) electrons. The van der Waals surface area contributed by atoms with Crippen molar-refractivity contribution < 1.29 is 5.11 Å². The molecule has 0 amide bonds.